The maximum atomic E-state index is 11.5. The minimum Gasteiger partial charge on any atom is -0.463 e. The molecule has 0 saturated heterocycles. The first-order chi connectivity index (χ1) is 6.11. The molecule has 0 aliphatic heterocycles. The van der Waals surface area contributed by atoms with Crippen LogP contribution in [0.5, 0.6) is 0 Å². The highest BCUT2D eigenvalue weighted by Gasteiger charge is 2.17. The molecule has 0 aromatic rings. The zero-order chi connectivity index (χ0) is 10.3. The van der Waals surface area contributed by atoms with Crippen LogP contribution in [0.3, 0.4) is 0 Å². The lowest BCUT2D eigenvalue weighted by Gasteiger charge is -2.15. The fraction of sp³-hybridized carbons (Fsp3) is 0.909. The van der Waals surface area contributed by atoms with Gasteiger partial charge in [0.15, 0.2) is 0 Å². The van der Waals surface area contributed by atoms with Crippen molar-refractivity contribution in [3.63, 3.8) is 0 Å². The average Bonchev–Trinajstić information content (AvgIpc) is 2.04. The van der Waals surface area contributed by atoms with Gasteiger partial charge in [0.2, 0.25) is 0 Å². The summed E-state index contributed by atoms with van der Waals surface area (Å²) in [5.41, 5.74) is 0. The molecule has 0 bridgehead atoms. The summed E-state index contributed by atoms with van der Waals surface area (Å²) < 4.78 is 5.16. The quantitative estimate of drug-likeness (QED) is 0.596. The Hall–Kier alpha value is -0.530. The van der Waals surface area contributed by atoms with Gasteiger partial charge >= 0.3 is 5.97 Å². The molecule has 0 amide bonds. The molecule has 78 valence electrons. The molecule has 2 heteroatoms. The van der Waals surface area contributed by atoms with E-state index < -0.39 is 0 Å². The Kier molecular flexibility index (Phi) is 6.65. The van der Waals surface area contributed by atoms with Gasteiger partial charge in [0.25, 0.3) is 0 Å². The van der Waals surface area contributed by atoms with Gasteiger partial charge in [0, 0.05) is 0 Å². The summed E-state index contributed by atoms with van der Waals surface area (Å²) in [5, 5.41) is 0. The third kappa shape index (κ3) is 5.67. The molecule has 0 spiro atoms. The second kappa shape index (κ2) is 6.93. The lowest BCUT2D eigenvalue weighted by molar-refractivity contribution is -0.152. The van der Waals surface area contributed by atoms with E-state index in [1.807, 2.05) is 20.8 Å². The van der Waals surface area contributed by atoms with Crippen LogP contribution in [0.15, 0.2) is 0 Å². The zero-order valence-electron chi connectivity index (χ0n) is 9.30. The minimum atomic E-state index is -0.0223. The zero-order valence-corrected chi connectivity index (χ0v) is 9.30. The van der Waals surface area contributed by atoms with Gasteiger partial charge in [0.1, 0.15) is 0 Å². The number of unbranched alkanes of at least 4 members (excludes halogenated alkanes) is 1. The van der Waals surface area contributed by atoms with Crippen molar-refractivity contribution in [3.05, 3.63) is 0 Å². The molecule has 13 heavy (non-hydrogen) atoms. The molecule has 0 radical (unpaired) electrons. The first-order valence-corrected chi connectivity index (χ1v) is 5.32. The van der Waals surface area contributed by atoms with Crippen LogP contribution in [0.1, 0.15) is 53.4 Å². The first kappa shape index (κ1) is 12.5. The van der Waals surface area contributed by atoms with Crippen LogP contribution in [0.2, 0.25) is 0 Å². The van der Waals surface area contributed by atoms with Crippen LogP contribution in [0, 0.1) is 5.92 Å². The molecule has 0 heterocycles. The van der Waals surface area contributed by atoms with Gasteiger partial charge in [-0.1, -0.05) is 26.7 Å². The first-order valence-electron chi connectivity index (χ1n) is 5.32. The number of ether oxygens (including phenoxy) is 1. The average molecular weight is 186 g/mol. The Morgan fingerprint density at radius 3 is 2.31 bits per heavy atom. The van der Waals surface area contributed by atoms with Gasteiger partial charge in [-0.05, 0) is 26.7 Å². The fourth-order valence-corrected chi connectivity index (χ4v) is 1.27. The Bertz CT molecular complexity index is 141. The SMILES string of the molecule is CCCCC(CC)C(=O)OC(C)C. The summed E-state index contributed by atoms with van der Waals surface area (Å²) in [4.78, 5) is 11.5. The highest BCUT2D eigenvalue weighted by molar-refractivity contribution is 5.72. The predicted octanol–water partition coefficient (Wildman–Crippen LogP) is 3.15. The van der Waals surface area contributed by atoms with Gasteiger partial charge in [0.05, 0.1) is 12.0 Å². The van der Waals surface area contributed by atoms with Crippen LogP contribution < -0.4 is 0 Å². The number of carbonyl (C=O) groups excluding carboxylic acids is 1. The summed E-state index contributed by atoms with van der Waals surface area (Å²) >= 11 is 0. The predicted molar refractivity (Wildman–Crippen MR) is 54.5 cm³/mol. The van der Waals surface area contributed by atoms with Crippen LogP contribution >= 0.6 is 0 Å². The lowest BCUT2D eigenvalue weighted by atomic mass is 10.00. The molecule has 0 fully saturated rings. The normalized spacial score (nSPS) is 13.0. The van der Waals surface area contributed by atoms with Crippen LogP contribution in [-0.4, -0.2) is 12.1 Å². The summed E-state index contributed by atoms with van der Waals surface area (Å²) in [6.07, 6.45) is 4.14. The number of rotatable bonds is 6. The smallest absolute Gasteiger partial charge is 0.309 e. The molecule has 1 unspecified atom stereocenters. The molecule has 0 saturated carbocycles. The van der Waals surface area contributed by atoms with Gasteiger partial charge < -0.3 is 4.74 Å². The van der Waals surface area contributed by atoms with Gasteiger partial charge in [-0.2, -0.15) is 0 Å². The molecule has 0 aliphatic rings. The van der Waals surface area contributed by atoms with Crippen LogP contribution in [-0.2, 0) is 9.53 Å². The van der Waals surface area contributed by atoms with E-state index in [2.05, 4.69) is 6.92 Å². The van der Waals surface area contributed by atoms with Crippen molar-refractivity contribution in [1.82, 2.24) is 0 Å². The number of carbonyl (C=O) groups is 1. The van der Waals surface area contributed by atoms with E-state index in [-0.39, 0.29) is 18.0 Å². The topological polar surface area (TPSA) is 26.3 Å². The lowest BCUT2D eigenvalue weighted by Crippen LogP contribution is -2.20. The highest BCUT2D eigenvalue weighted by Crippen LogP contribution is 2.14. The van der Waals surface area contributed by atoms with Gasteiger partial charge in [-0.15, -0.1) is 0 Å². The van der Waals surface area contributed by atoms with E-state index in [0.29, 0.717) is 0 Å². The molecule has 0 aromatic carbocycles. The molecule has 0 rings (SSSR count). The molecule has 0 aromatic heterocycles. The number of hydrogen-bond acceptors (Lipinski definition) is 2. The molecular weight excluding hydrogens is 164 g/mol. The van der Waals surface area contributed by atoms with Crippen molar-refractivity contribution in [3.8, 4) is 0 Å². The minimum absolute atomic E-state index is 0.0168. The van der Waals surface area contributed by atoms with Crippen molar-refractivity contribution >= 4 is 5.97 Å². The third-order valence-corrected chi connectivity index (χ3v) is 2.08. The van der Waals surface area contributed by atoms with Crippen LogP contribution in [0.25, 0.3) is 0 Å². The largest absolute Gasteiger partial charge is 0.463 e. The van der Waals surface area contributed by atoms with Gasteiger partial charge in [-0.3, -0.25) is 4.79 Å². The standard InChI is InChI=1S/C11H22O2/c1-5-7-8-10(6-2)11(12)13-9(3)4/h9-10H,5-8H2,1-4H3. The number of hydrogen-bond donors (Lipinski definition) is 0. The Labute approximate surface area is 81.7 Å². The van der Waals surface area contributed by atoms with E-state index in [0.717, 1.165) is 25.7 Å². The fourth-order valence-electron chi connectivity index (χ4n) is 1.27. The van der Waals surface area contributed by atoms with Crippen molar-refractivity contribution in [1.29, 1.82) is 0 Å². The van der Waals surface area contributed by atoms with Crippen LogP contribution in [0.4, 0.5) is 0 Å². The maximum absolute atomic E-state index is 11.5. The van der Waals surface area contributed by atoms with Crippen molar-refractivity contribution in [2.24, 2.45) is 5.92 Å². The second-order valence-corrected chi connectivity index (χ2v) is 3.73. The van der Waals surface area contributed by atoms with Crippen molar-refractivity contribution in [2.45, 2.75) is 59.5 Å². The monoisotopic (exact) mass is 186 g/mol. The molecule has 1 atom stereocenters. The van der Waals surface area contributed by atoms with E-state index in [1.165, 1.54) is 0 Å². The summed E-state index contributed by atoms with van der Waals surface area (Å²) in [6.45, 7) is 7.97. The van der Waals surface area contributed by atoms with E-state index in [9.17, 15) is 4.79 Å². The third-order valence-electron chi connectivity index (χ3n) is 2.08. The Morgan fingerprint density at radius 2 is 1.92 bits per heavy atom. The molecule has 0 N–H and O–H groups in total. The van der Waals surface area contributed by atoms with E-state index >= 15 is 0 Å². The van der Waals surface area contributed by atoms with E-state index in [1.54, 1.807) is 0 Å². The summed E-state index contributed by atoms with van der Waals surface area (Å²) in [7, 11) is 0. The Balaban J connectivity index is 3.84. The summed E-state index contributed by atoms with van der Waals surface area (Å²) in [6, 6.07) is 0. The molecule has 2 nitrogen and oxygen atoms in total. The highest BCUT2D eigenvalue weighted by atomic mass is 16.5. The molecular formula is C11H22O2. The van der Waals surface area contributed by atoms with Gasteiger partial charge in [-0.25, -0.2) is 0 Å². The number of esters is 1. The second-order valence-electron chi connectivity index (χ2n) is 3.73. The Morgan fingerprint density at radius 1 is 1.31 bits per heavy atom. The van der Waals surface area contributed by atoms with Crippen molar-refractivity contribution < 1.29 is 9.53 Å². The summed E-state index contributed by atoms with van der Waals surface area (Å²) in [5.74, 6) is 0.0910. The molecule has 0 aliphatic carbocycles. The maximum Gasteiger partial charge on any atom is 0.309 e. The van der Waals surface area contributed by atoms with E-state index in [4.69, 9.17) is 4.74 Å². The van der Waals surface area contributed by atoms with Crippen molar-refractivity contribution in [2.75, 3.05) is 0 Å².